The van der Waals surface area contributed by atoms with Gasteiger partial charge < -0.3 is 19.7 Å². The molecule has 2 rings (SSSR count). The van der Waals surface area contributed by atoms with Gasteiger partial charge in [0.25, 0.3) is 0 Å². The third-order valence-electron chi connectivity index (χ3n) is 5.87. The van der Waals surface area contributed by atoms with Gasteiger partial charge in [0.2, 0.25) is 0 Å². The molecule has 0 aromatic rings. The van der Waals surface area contributed by atoms with E-state index in [0.29, 0.717) is 37.5 Å². The second-order valence-corrected chi connectivity index (χ2v) is 9.72. The summed E-state index contributed by atoms with van der Waals surface area (Å²) in [6, 6.07) is 0. The first-order valence-corrected chi connectivity index (χ1v) is 11.5. The zero-order chi connectivity index (χ0) is 26.6. The second-order valence-electron chi connectivity index (χ2n) is 9.72. The maximum atomic E-state index is 10.7. The summed E-state index contributed by atoms with van der Waals surface area (Å²) in [5.74, 6) is -2.41. The Morgan fingerprint density at radius 3 is 1.12 bits per heavy atom. The topological polar surface area (TPSA) is 161 Å². The zero-order valence-electron chi connectivity index (χ0n) is 20.9. The third kappa shape index (κ3) is 13.7. The number of rotatable bonds is 7. The molecule has 34 heavy (non-hydrogen) atoms. The van der Waals surface area contributed by atoms with Crippen molar-refractivity contribution in [2.75, 3.05) is 0 Å². The molecule has 0 aliphatic carbocycles. The molecule has 0 aromatic carbocycles. The van der Waals surface area contributed by atoms with Crippen molar-refractivity contribution in [3.63, 3.8) is 0 Å². The minimum Gasteiger partial charge on any atom is -0.481 e. The summed E-state index contributed by atoms with van der Waals surface area (Å²) in [6.45, 7) is 11.7. The molecule has 2 saturated heterocycles. The van der Waals surface area contributed by atoms with Gasteiger partial charge >= 0.3 is 35.8 Å². The molecule has 0 saturated carbocycles. The zero-order valence-corrected chi connectivity index (χ0v) is 20.9. The van der Waals surface area contributed by atoms with Crippen LogP contribution in [-0.4, -0.2) is 46.0 Å². The highest BCUT2D eigenvalue weighted by molar-refractivity contribution is 5.89. The number of carboxylic acids is 2. The van der Waals surface area contributed by atoms with Gasteiger partial charge in [-0.2, -0.15) is 0 Å². The van der Waals surface area contributed by atoms with E-state index in [1.54, 1.807) is 0 Å². The number of carbonyl (C=O) groups excluding carboxylic acids is 4. The van der Waals surface area contributed by atoms with Gasteiger partial charge in [-0.1, -0.05) is 41.5 Å². The highest BCUT2D eigenvalue weighted by atomic mass is 16.6. The van der Waals surface area contributed by atoms with Gasteiger partial charge in [-0.05, 0) is 35.5 Å². The lowest BCUT2D eigenvalue weighted by Crippen LogP contribution is -2.28. The second kappa shape index (κ2) is 15.2. The van der Waals surface area contributed by atoms with Crippen LogP contribution in [0, 0.1) is 35.5 Å². The van der Waals surface area contributed by atoms with Crippen molar-refractivity contribution < 1.29 is 48.5 Å². The Hall–Kier alpha value is -2.78. The molecule has 10 heteroatoms. The molecule has 0 spiro atoms. The quantitative estimate of drug-likeness (QED) is 0.402. The summed E-state index contributed by atoms with van der Waals surface area (Å²) in [5, 5.41) is 16.9. The van der Waals surface area contributed by atoms with Gasteiger partial charge in [-0.25, -0.2) is 0 Å². The lowest BCUT2D eigenvalue weighted by atomic mass is 9.88. The molecule has 0 unspecified atom stereocenters. The van der Waals surface area contributed by atoms with Gasteiger partial charge in [0.05, 0.1) is 0 Å². The Labute approximate surface area is 200 Å². The standard InChI is InChI=1S/C8H14O4.2C8H12O3/c1-5(2)6(3-7(9)10)4-8(11)12;2*1-5(2)6-3-7(9)11-8(10)4-6/h5-6H,3-4H2,1-2H3,(H,9,10)(H,11,12);2*5-6H,3-4H2,1-2H3. The highest BCUT2D eigenvalue weighted by Gasteiger charge is 2.29. The number of ether oxygens (including phenoxy) is 2. The van der Waals surface area contributed by atoms with Crippen molar-refractivity contribution in [3.8, 4) is 0 Å². The Morgan fingerprint density at radius 1 is 0.676 bits per heavy atom. The Balaban J connectivity index is 0.000000481. The summed E-state index contributed by atoms with van der Waals surface area (Å²) in [7, 11) is 0. The van der Waals surface area contributed by atoms with Crippen LogP contribution in [0.3, 0.4) is 0 Å². The van der Waals surface area contributed by atoms with Crippen LogP contribution >= 0.6 is 0 Å². The van der Waals surface area contributed by atoms with Gasteiger partial charge in [0.1, 0.15) is 0 Å². The Bertz CT molecular complexity index is 648. The molecule has 0 amide bonds. The average molecular weight is 487 g/mol. The van der Waals surface area contributed by atoms with Crippen molar-refractivity contribution in [1.82, 2.24) is 0 Å². The first kappa shape index (κ1) is 31.2. The van der Waals surface area contributed by atoms with E-state index in [2.05, 4.69) is 9.47 Å². The SMILES string of the molecule is CC(C)C(CC(=O)O)CC(=O)O.CC(C)C1CC(=O)OC(=O)C1.CC(C)C1CC(=O)OC(=O)C1. The van der Waals surface area contributed by atoms with Gasteiger partial charge in [0, 0.05) is 38.5 Å². The fraction of sp³-hybridized carbons (Fsp3) is 0.750. The van der Waals surface area contributed by atoms with Crippen molar-refractivity contribution in [2.24, 2.45) is 35.5 Å². The smallest absolute Gasteiger partial charge is 0.313 e. The van der Waals surface area contributed by atoms with E-state index in [0.717, 1.165) is 0 Å². The molecule has 2 heterocycles. The van der Waals surface area contributed by atoms with Crippen LogP contribution in [0.1, 0.15) is 80.1 Å². The largest absolute Gasteiger partial charge is 0.481 e. The van der Waals surface area contributed by atoms with E-state index >= 15 is 0 Å². The Kier molecular flexibility index (Phi) is 13.9. The van der Waals surface area contributed by atoms with Crippen molar-refractivity contribution >= 4 is 35.8 Å². The molecule has 2 fully saturated rings. The lowest BCUT2D eigenvalue weighted by Gasteiger charge is -2.22. The molecule has 2 N–H and O–H groups in total. The minimum atomic E-state index is -0.935. The van der Waals surface area contributed by atoms with Crippen molar-refractivity contribution in [2.45, 2.75) is 80.1 Å². The van der Waals surface area contributed by atoms with E-state index < -0.39 is 11.9 Å². The molecule has 0 bridgehead atoms. The molecular formula is C24H38O10. The van der Waals surface area contributed by atoms with Gasteiger partial charge in [-0.15, -0.1) is 0 Å². The van der Waals surface area contributed by atoms with Crippen LogP contribution in [0.15, 0.2) is 0 Å². The molecule has 194 valence electrons. The molecule has 0 aromatic heterocycles. The third-order valence-corrected chi connectivity index (χ3v) is 5.87. The molecule has 10 nitrogen and oxygen atoms in total. The summed E-state index contributed by atoms with van der Waals surface area (Å²) in [6.07, 6.45) is 1.44. The predicted octanol–water partition coefficient (Wildman–Crippen LogP) is 3.45. The number of carboxylic acid groups (broad SMARTS) is 2. The van der Waals surface area contributed by atoms with E-state index in [9.17, 15) is 28.8 Å². The molecule has 0 atom stereocenters. The summed E-state index contributed by atoms with van der Waals surface area (Å²) in [4.78, 5) is 63.6. The van der Waals surface area contributed by atoms with Gasteiger partial charge in [0.15, 0.2) is 0 Å². The Morgan fingerprint density at radius 2 is 0.941 bits per heavy atom. The maximum absolute atomic E-state index is 10.7. The summed E-state index contributed by atoms with van der Waals surface area (Å²) in [5.41, 5.74) is 0. The fourth-order valence-corrected chi connectivity index (χ4v) is 3.36. The number of esters is 4. The number of carbonyl (C=O) groups is 6. The number of cyclic esters (lactones) is 4. The first-order chi connectivity index (χ1) is 15.6. The summed E-state index contributed by atoms with van der Waals surface area (Å²) >= 11 is 0. The van der Waals surface area contributed by atoms with Crippen molar-refractivity contribution in [1.29, 1.82) is 0 Å². The van der Waals surface area contributed by atoms with Crippen LogP contribution in [0.2, 0.25) is 0 Å². The number of hydrogen-bond acceptors (Lipinski definition) is 8. The number of hydrogen-bond donors (Lipinski definition) is 2. The van der Waals surface area contributed by atoms with E-state index in [1.165, 1.54) is 0 Å². The van der Waals surface area contributed by atoms with Gasteiger partial charge in [-0.3, -0.25) is 28.8 Å². The van der Waals surface area contributed by atoms with Crippen LogP contribution in [-0.2, 0) is 38.2 Å². The molecular weight excluding hydrogens is 448 g/mol. The normalized spacial score (nSPS) is 17.1. The number of aliphatic carboxylic acids is 2. The van der Waals surface area contributed by atoms with Crippen LogP contribution in [0.5, 0.6) is 0 Å². The van der Waals surface area contributed by atoms with Crippen LogP contribution < -0.4 is 0 Å². The first-order valence-electron chi connectivity index (χ1n) is 11.5. The maximum Gasteiger partial charge on any atom is 0.313 e. The monoisotopic (exact) mass is 486 g/mol. The lowest BCUT2D eigenvalue weighted by molar-refractivity contribution is -0.168. The van der Waals surface area contributed by atoms with Crippen LogP contribution in [0.4, 0.5) is 0 Å². The van der Waals surface area contributed by atoms with Crippen LogP contribution in [0.25, 0.3) is 0 Å². The minimum absolute atomic E-state index is 0.0655. The van der Waals surface area contributed by atoms with Crippen molar-refractivity contribution in [3.05, 3.63) is 0 Å². The summed E-state index contributed by atoms with van der Waals surface area (Å²) < 4.78 is 8.78. The average Bonchev–Trinajstić information content (AvgIpc) is 2.66. The highest BCUT2D eigenvalue weighted by Crippen LogP contribution is 2.25. The molecule has 2 aliphatic heterocycles. The van der Waals surface area contributed by atoms with E-state index in [4.69, 9.17) is 10.2 Å². The predicted molar refractivity (Wildman–Crippen MR) is 120 cm³/mol. The van der Waals surface area contributed by atoms with E-state index in [1.807, 2.05) is 41.5 Å². The fourth-order valence-electron chi connectivity index (χ4n) is 3.36. The molecule has 0 radical (unpaired) electrons. The molecule has 2 aliphatic rings. The van der Waals surface area contributed by atoms with E-state index in [-0.39, 0.29) is 60.4 Å².